The molecule has 8 nitrogen and oxygen atoms in total. The van der Waals surface area contributed by atoms with Gasteiger partial charge in [0.15, 0.2) is 11.4 Å². The number of piperidine rings is 1. The van der Waals surface area contributed by atoms with E-state index < -0.39 is 36.3 Å². The van der Waals surface area contributed by atoms with Crippen molar-refractivity contribution in [1.29, 1.82) is 0 Å². The maximum absolute atomic E-state index is 13.7. The number of nitrogens with zero attached hydrogens (tertiary/aromatic N) is 3. The largest absolute Gasteiger partial charge is 0.422 e. The van der Waals surface area contributed by atoms with Crippen molar-refractivity contribution in [2.45, 2.75) is 43.6 Å². The molecule has 0 aromatic carbocycles. The molecule has 0 radical (unpaired) electrons. The van der Waals surface area contributed by atoms with Crippen LogP contribution in [0.15, 0.2) is 18.3 Å². The zero-order chi connectivity index (χ0) is 22.4. The first-order valence-corrected chi connectivity index (χ1v) is 9.42. The molecule has 2 aliphatic heterocycles. The highest BCUT2D eigenvalue weighted by Gasteiger charge is 2.61. The number of H-pyrrole nitrogens is 1. The molecule has 2 aromatic heterocycles. The fraction of sp³-hybridized carbons (Fsp3) is 0.500. The highest BCUT2D eigenvalue weighted by atomic mass is 19.4. The van der Waals surface area contributed by atoms with E-state index in [1.165, 1.54) is 12.3 Å². The van der Waals surface area contributed by atoms with Crippen molar-refractivity contribution in [3.8, 4) is 5.88 Å². The van der Waals surface area contributed by atoms with Gasteiger partial charge in [-0.15, -0.1) is 0 Å². The Morgan fingerprint density at radius 2 is 1.97 bits per heavy atom. The number of nitrogens with one attached hydrogen (secondary N) is 2. The number of halogens is 5. The molecule has 0 spiro atoms. The number of amides is 1. The smallest absolute Gasteiger partial charge is 0.417 e. The number of hydrogen-bond donors (Lipinski definition) is 3. The van der Waals surface area contributed by atoms with Crippen molar-refractivity contribution in [3.63, 3.8) is 0 Å². The first-order chi connectivity index (χ1) is 14.6. The van der Waals surface area contributed by atoms with Gasteiger partial charge < -0.3 is 20.1 Å². The number of aromatic nitrogens is 3. The minimum Gasteiger partial charge on any atom is -0.417 e. The summed E-state index contributed by atoms with van der Waals surface area (Å²) in [6.45, 7) is -2.08. The minimum absolute atomic E-state index is 0.147. The molecule has 1 unspecified atom stereocenters. The van der Waals surface area contributed by atoms with Crippen LogP contribution in [0.25, 0.3) is 0 Å². The van der Waals surface area contributed by atoms with E-state index in [2.05, 4.69) is 25.2 Å². The SMILES string of the molecule is O=C1CC(O)(C(F)(F)F)c2c(n[nH]c2C2CCN(c3ccc(OC(F)F)nc3)CC2)N1. The minimum atomic E-state index is -5.05. The summed E-state index contributed by atoms with van der Waals surface area (Å²) in [6.07, 6.45) is -3.92. The van der Waals surface area contributed by atoms with Crippen LogP contribution in [0.5, 0.6) is 5.88 Å². The van der Waals surface area contributed by atoms with E-state index >= 15 is 0 Å². The molecular weight excluding hydrogens is 429 g/mol. The second-order valence-electron chi connectivity index (χ2n) is 7.44. The van der Waals surface area contributed by atoms with E-state index in [9.17, 15) is 31.9 Å². The van der Waals surface area contributed by atoms with Crippen LogP contribution in [-0.4, -0.2) is 52.1 Å². The number of alkyl halides is 5. The number of anilines is 2. The van der Waals surface area contributed by atoms with Gasteiger partial charge in [-0.25, -0.2) is 4.98 Å². The number of carbonyl (C=O) groups excluding carboxylic acids is 1. The molecule has 4 rings (SSSR count). The highest BCUT2D eigenvalue weighted by molar-refractivity contribution is 5.94. The van der Waals surface area contributed by atoms with E-state index in [0.29, 0.717) is 31.6 Å². The molecule has 1 amide bonds. The predicted octanol–water partition coefficient (Wildman–Crippen LogP) is 2.88. The van der Waals surface area contributed by atoms with Gasteiger partial charge in [-0.1, -0.05) is 0 Å². The van der Waals surface area contributed by atoms with Crippen molar-refractivity contribution in [1.82, 2.24) is 15.2 Å². The van der Waals surface area contributed by atoms with Gasteiger partial charge in [0.1, 0.15) is 0 Å². The molecule has 0 bridgehead atoms. The molecule has 13 heteroatoms. The van der Waals surface area contributed by atoms with Gasteiger partial charge in [0.25, 0.3) is 0 Å². The van der Waals surface area contributed by atoms with E-state index in [-0.39, 0.29) is 23.3 Å². The van der Waals surface area contributed by atoms with Gasteiger partial charge >= 0.3 is 12.8 Å². The maximum atomic E-state index is 13.7. The van der Waals surface area contributed by atoms with E-state index in [4.69, 9.17) is 0 Å². The molecule has 168 valence electrons. The van der Waals surface area contributed by atoms with Crippen LogP contribution >= 0.6 is 0 Å². The van der Waals surface area contributed by atoms with Crippen LogP contribution in [0.1, 0.15) is 36.4 Å². The fourth-order valence-corrected chi connectivity index (χ4v) is 4.05. The number of aromatic amines is 1. The summed E-state index contributed by atoms with van der Waals surface area (Å²) in [4.78, 5) is 17.4. The van der Waals surface area contributed by atoms with Gasteiger partial charge in [-0.3, -0.25) is 9.89 Å². The molecule has 2 aromatic rings. The Morgan fingerprint density at radius 3 is 2.55 bits per heavy atom. The van der Waals surface area contributed by atoms with Crippen molar-refractivity contribution >= 4 is 17.4 Å². The van der Waals surface area contributed by atoms with E-state index in [1.807, 2.05) is 4.90 Å². The molecular formula is C18H18F5N5O3. The molecule has 3 N–H and O–H groups in total. The Hall–Kier alpha value is -2.96. The summed E-state index contributed by atoms with van der Waals surface area (Å²) in [7, 11) is 0. The van der Waals surface area contributed by atoms with Crippen molar-refractivity contribution in [2.24, 2.45) is 0 Å². The van der Waals surface area contributed by atoms with Crippen molar-refractivity contribution < 1.29 is 36.6 Å². The molecule has 0 aliphatic carbocycles. The van der Waals surface area contributed by atoms with Crippen LogP contribution in [0.3, 0.4) is 0 Å². The Balaban J connectivity index is 1.51. The average molecular weight is 447 g/mol. The lowest BCUT2D eigenvalue weighted by atomic mass is 9.81. The number of ether oxygens (including phenoxy) is 1. The summed E-state index contributed by atoms with van der Waals surface area (Å²) in [5, 5.41) is 19.1. The summed E-state index contributed by atoms with van der Waals surface area (Å²) in [6, 6.07) is 2.88. The van der Waals surface area contributed by atoms with Crippen LogP contribution in [-0.2, 0) is 10.4 Å². The molecule has 1 atom stereocenters. The lowest BCUT2D eigenvalue weighted by Gasteiger charge is -2.37. The molecule has 1 saturated heterocycles. The zero-order valence-corrected chi connectivity index (χ0v) is 15.9. The number of fused-ring (bicyclic) bond motifs is 1. The third kappa shape index (κ3) is 3.89. The third-order valence-corrected chi connectivity index (χ3v) is 5.55. The zero-order valence-electron chi connectivity index (χ0n) is 15.9. The maximum Gasteiger partial charge on any atom is 0.422 e. The molecule has 1 fully saturated rings. The summed E-state index contributed by atoms with van der Waals surface area (Å²) in [5.74, 6) is -1.85. The Bertz CT molecular complexity index is 956. The molecule has 4 heterocycles. The monoisotopic (exact) mass is 447 g/mol. The molecule has 31 heavy (non-hydrogen) atoms. The number of hydrogen-bond acceptors (Lipinski definition) is 6. The summed E-state index contributed by atoms with van der Waals surface area (Å²) >= 11 is 0. The number of pyridine rings is 1. The topological polar surface area (TPSA) is 103 Å². The van der Waals surface area contributed by atoms with Gasteiger partial charge in [-0.2, -0.15) is 27.1 Å². The number of rotatable bonds is 4. The second-order valence-corrected chi connectivity index (χ2v) is 7.44. The fourth-order valence-electron chi connectivity index (χ4n) is 4.05. The standard InChI is InChI=1S/C18H18F5N5O3/c19-16(20)31-12-2-1-10(8-24-12)28-5-3-9(4-6-28)14-13-15(27-26-14)25-11(29)7-17(13,30)18(21,22)23/h1-2,8-9,16,30H,3-7H2,(H2,25,26,27,29). The number of carbonyl (C=O) groups is 1. The Kier molecular flexibility index (Phi) is 5.23. The second kappa shape index (κ2) is 7.62. The van der Waals surface area contributed by atoms with Gasteiger partial charge in [0, 0.05) is 30.8 Å². The first kappa shape index (κ1) is 21.3. The summed E-state index contributed by atoms with van der Waals surface area (Å²) < 4.78 is 69.6. The van der Waals surface area contributed by atoms with Gasteiger partial charge in [0.2, 0.25) is 11.8 Å². The van der Waals surface area contributed by atoms with Crippen LogP contribution in [0.4, 0.5) is 33.5 Å². The van der Waals surface area contributed by atoms with E-state index in [0.717, 1.165) is 0 Å². The summed E-state index contributed by atoms with van der Waals surface area (Å²) in [5.41, 5.74) is -2.94. The van der Waals surface area contributed by atoms with Crippen LogP contribution < -0.4 is 15.0 Å². The van der Waals surface area contributed by atoms with Crippen molar-refractivity contribution in [2.75, 3.05) is 23.3 Å². The third-order valence-electron chi connectivity index (χ3n) is 5.55. The van der Waals surface area contributed by atoms with Crippen LogP contribution in [0.2, 0.25) is 0 Å². The lowest BCUT2D eigenvalue weighted by molar-refractivity contribution is -0.267. The average Bonchev–Trinajstić information content (AvgIpc) is 3.12. The van der Waals surface area contributed by atoms with Crippen LogP contribution in [0, 0.1) is 0 Å². The normalized spacial score (nSPS) is 22.4. The number of aliphatic hydroxyl groups is 1. The highest BCUT2D eigenvalue weighted by Crippen LogP contribution is 2.49. The van der Waals surface area contributed by atoms with Gasteiger partial charge in [-0.05, 0) is 18.9 Å². The molecule has 0 saturated carbocycles. The quantitative estimate of drug-likeness (QED) is 0.623. The Labute approximate surface area is 172 Å². The predicted molar refractivity (Wildman–Crippen MR) is 96.8 cm³/mol. The van der Waals surface area contributed by atoms with E-state index in [1.54, 1.807) is 6.07 Å². The van der Waals surface area contributed by atoms with Crippen molar-refractivity contribution in [3.05, 3.63) is 29.6 Å². The van der Waals surface area contributed by atoms with Gasteiger partial charge in [0.05, 0.1) is 23.9 Å². The molecule has 2 aliphatic rings. The lowest BCUT2D eigenvalue weighted by Crippen LogP contribution is -2.48. The Morgan fingerprint density at radius 1 is 1.26 bits per heavy atom. The first-order valence-electron chi connectivity index (χ1n) is 9.42.